The maximum atomic E-state index is 13.2. The minimum atomic E-state index is -0.247. The molecule has 0 saturated carbocycles. The van der Waals surface area contributed by atoms with Crippen LogP contribution in [0.2, 0.25) is 0 Å². The van der Waals surface area contributed by atoms with E-state index in [-0.39, 0.29) is 5.82 Å². The van der Waals surface area contributed by atoms with Gasteiger partial charge in [0, 0.05) is 4.47 Å². The Labute approximate surface area is 118 Å². The predicted molar refractivity (Wildman–Crippen MR) is 77.3 cm³/mol. The second-order valence-corrected chi connectivity index (χ2v) is 5.23. The third-order valence-electron chi connectivity index (χ3n) is 2.97. The number of hydrogen-bond donors (Lipinski definition) is 1. The van der Waals surface area contributed by atoms with Crippen LogP contribution >= 0.6 is 15.9 Å². The summed E-state index contributed by atoms with van der Waals surface area (Å²) in [5.74, 6) is 0.181. The minimum Gasteiger partial charge on any atom is -0.369 e. The molecular formula is C14H11BrFN3. The van der Waals surface area contributed by atoms with Gasteiger partial charge >= 0.3 is 0 Å². The monoisotopic (exact) mass is 319 g/mol. The number of imidazole rings is 1. The van der Waals surface area contributed by atoms with Crippen LogP contribution < -0.4 is 5.73 Å². The van der Waals surface area contributed by atoms with Crippen molar-refractivity contribution in [1.29, 1.82) is 0 Å². The van der Waals surface area contributed by atoms with E-state index < -0.39 is 0 Å². The molecule has 3 nitrogen and oxygen atoms in total. The van der Waals surface area contributed by atoms with Gasteiger partial charge in [0.25, 0.3) is 0 Å². The van der Waals surface area contributed by atoms with Gasteiger partial charge < -0.3 is 10.3 Å². The first-order chi connectivity index (χ1) is 9.13. The highest BCUT2D eigenvalue weighted by atomic mass is 79.9. The summed E-state index contributed by atoms with van der Waals surface area (Å²) in [5, 5.41) is 0. The number of rotatable bonds is 2. The molecule has 19 heavy (non-hydrogen) atoms. The smallest absolute Gasteiger partial charge is 0.201 e. The molecule has 0 spiro atoms. The Balaban J connectivity index is 2.07. The Kier molecular flexibility index (Phi) is 2.98. The second kappa shape index (κ2) is 4.66. The van der Waals surface area contributed by atoms with Crippen LogP contribution in [0.25, 0.3) is 11.0 Å². The highest BCUT2D eigenvalue weighted by molar-refractivity contribution is 9.10. The summed E-state index contributed by atoms with van der Waals surface area (Å²) < 4.78 is 16.0. The van der Waals surface area contributed by atoms with Crippen molar-refractivity contribution in [3.05, 3.63) is 58.3 Å². The first-order valence-corrected chi connectivity index (χ1v) is 6.58. The fraction of sp³-hybridized carbons (Fsp3) is 0.0714. The van der Waals surface area contributed by atoms with Crippen molar-refractivity contribution in [2.45, 2.75) is 6.54 Å². The average Bonchev–Trinajstić information content (AvgIpc) is 2.65. The van der Waals surface area contributed by atoms with Crippen molar-refractivity contribution in [2.24, 2.45) is 0 Å². The maximum Gasteiger partial charge on any atom is 0.201 e. The fourth-order valence-corrected chi connectivity index (χ4v) is 2.45. The molecule has 5 heteroatoms. The van der Waals surface area contributed by atoms with Gasteiger partial charge in [-0.25, -0.2) is 9.37 Å². The van der Waals surface area contributed by atoms with Gasteiger partial charge in [-0.05, 0) is 35.9 Å². The van der Waals surface area contributed by atoms with Crippen LogP contribution in [0.1, 0.15) is 5.56 Å². The summed E-state index contributed by atoms with van der Waals surface area (Å²) in [7, 11) is 0. The van der Waals surface area contributed by atoms with Gasteiger partial charge in [-0.15, -0.1) is 0 Å². The van der Waals surface area contributed by atoms with Gasteiger partial charge in [0.05, 0.1) is 17.6 Å². The lowest BCUT2D eigenvalue weighted by Gasteiger charge is -2.06. The van der Waals surface area contributed by atoms with E-state index in [1.807, 2.05) is 28.8 Å². The van der Waals surface area contributed by atoms with E-state index in [0.29, 0.717) is 12.5 Å². The molecule has 3 aromatic rings. The zero-order valence-electron chi connectivity index (χ0n) is 9.98. The van der Waals surface area contributed by atoms with Crippen molar-refractivity contribution in [3.63, 3.8) is 0 Å². The zero-order chi connectivity index (χ0) is 13.4. The fourth-order valence-electron chi connectivity index (χ4n) is 2.11. The number of benzene rings is 2. The number of halogens is 2. The van der Waals surface area contributed by atoms with Crippen LogP contribution in [0.3, 0.4) is 0 Å². The van der Waals surface area contributed by atoms with Crippen molar-refractivity contribution in [1.82, 2.24) is 9.55 Å². The number of nitrogens with two attached hydrogens (primary N) is 1. The first-order valence-electron chi connectivity index (χ1n) is 5.79. The highest BCUT2D eigenvalue weighted by Crippen LogP contribution is 2.23. The topological polar surface area (TPSA) is 43.8 Å². The number of aromatic nitrogens is 2. The average molecular weight is 320 g/mol. The summed E-state index contributed by atoms with van der Waals surface area (Å²) in [6.07, 6.45) is 0. The second-order valence-electron chi connectivity index (χ2n) is 4.32. The number of nitrogens with zero attached hydrogens (tertiary/aromatic N) is 2. The van der Waals surface area contributed by atoms with E-state index in [2.05, 4.69) is 20.9 Å². The van der Waals surface area contributed by atoms with Gasteiger partial charge in [0.1, 0.15) is 5.82 Å². The van der Waals surface area contributed by atoms with Crippen LogP contribution in [-0.4, -0.2) is 9.55 Å². The van der Waals surface area contributed by atoms with E-state index in [9.17, 15) is 4.39 Å². The van der Waals surface area contributed by atoms with Crippen LogP contribution in [0.5, 0.6) is 0 Å². The van der Waals surface area contributed by atoms with Gasteiger partial charge in [0.2, 0.25) is 5.95 Å². The van der Waals surface area contributed by atoms with E-state index in [1.165, 1.54) is 12.1 Å². The zero-order valence-corrected chi connectivity index (χ0v) is 11.6. The Morgan fingerprint density at radius 3 is 2.84 bits per heavy atom. The Bertz CT molecular complexity index is 752. The molecule has 0 aliphatic rings. The lowest BCUT2D eigenvalue weighted by Crippen LogP contribution is -2.04. The number of hydrogen-bond acceptors (Lipinski definition) is 2. The lowest BCUT2D eigenvalue weighted by molar-refractivity contribution is 0.624. The lowest BCUT2D eigenvalue weighted by atomic mass is 10.2. The van der Waals surface area contributed by atoms with Crippen LogP contribution in [0.4, 0.5) is 10.3 Å². The third kappa shape index (κ3) is 2.33. The molecule has 2 aromatic carbocycles. The standard InChI is InChI=1S/C14H11BrFN3/c15-10-4-5-13-12(7-10)18-14(17)19(13)8-9-2-1-3-11(16)6-9/h1-7H,8H2,(H2,17,18). The molecule has 0 atom stereocenters. The normalized spacial score (nSPS) is 11.1. The van der Waals surface area contributed by atoms with Gasteiger partial charge in [-0.2, -0.15) is 0 Å². The quantitative estimate of drug-likeness (QED) is 0.784. The molecule has 0 aliphatic heterocycles. The number of fused-ring (bicyclic) bond motifs is 1. The van der Waals surface area contributed by atoms with E-state index in [4.69, 9.17) is 5.73 Å². The molecule has 0 saturated heterocycles. The van der Waals surface area contributed by atoms with Gasteiger partial charge in [0.15, 0.2) is 0 Å². The molecular weight excluding hydrogens is 309 g/mol. The molecule has 2 N–H and O–H groups in total. The van der Waals surface area contributed by atoms with Crippen LogP contribution in [-0.2, 0) is 6.54 Å². The Morgan fingerprint density at radius 1 is 1.21 bits per heavy atom. The molecule has 3 rings (SSSR count). The van der Waals surface area contributed by atoms with Crippen molar-refractivity contribution >= 4 is 32.9 Å². The largest absolute Gasteiger partial charge is 0.369 e. The molecule has 1 aromatic heterocycles. The predicted octanol–water partition coefficient (Wildman–Crippen LogP) is 3.57. The van der Waals surface area contributed by atoms with Crippen LogP contribution in [0, 0.1) is 5.82 Å². The van der Waals surface area contributed by atoms with Gasteiger partial charge in [-0.3, -0.25) is 0 Å². The van der Waals surface area contributed by atoms with E-state index in [0.717, 1.165) is 21.1 Å². The first kappa shape index (κ1) is 12.2. The van der Waals surface area contributed by atoms with Crippen molar-refractivity contribution in [2.75, 3.05) is 5.73 Å². The molecule has 96 valence electrons. The maximum absolute atomic E-state index is 13.2. The van der Waals surface area contributed by atoms with Crippen LogP contribution in [0.15, 0.2) is 46.9 Å². The molecule has 0 radical (unpaired) electrons. The minimum absolute atomic E-state index is 0.247. The third-order valence-corrected chi connectivity index (χ3v) is 3.46. The van der Waals surface area contributed by atoms with Gasteiger partial charge in [-0.1, -0.05) is 28.1 Å². The van der Waals surface area contributed by atoms with Crippen molar-refractivity contribution in [3.8, 4) is 0 Å². The Morgan fingerprint density at radius 2 is 2.05 bits per heavy atom. The SMILES string of the molecule is Nc1nc2cc(Br)ccc2n1Cc1cccc(F)c1. The molecule has 0 bridgehead atoms. The summed E-state index contributed by atoms with van der Waals surface area (Å²) in [5.41, 5.74) is 8.55. The van der Waals surface area contributed by atoms with Crippen molar-refractivity contribution < 1.29 is 4.39 Å². The number of anilines is 1. The van der Waals surface area contributed by atoms with E-state index >= 15 is 0 Å². The summed E-state index contributed by atoms with van der Waals surface area (Å²) in [4.78, 5) is 4.31. The highest BCUT2D eigenvalue weighted by Gasteiger charge is 2.09. The van der Waals surface area contributed by atoms with E-state index in [1.54, 1.807) is 6.07 Å². The molecule has 0 fully saturated rings. The summed E-state index contributed by atoms with van der Waals surface area (Å²) in [6, 6.07) is 12.3. The summed E-state index contributed by atoms with van der Waals surface area (Å²) in [6.45, 7) is 0.502. The Hall–Kier alpha value is -1.88. The molecule has 0 amide bonds. The molecule has 0 aliphatic carbocycles. The molecule has 0 unspecified atom stereocenters. The number of nitrogen functional groups attached to an aromatic ring is 1. The summed E-state index contributed by atoms with van der Waals surface area (Å²) >= 11 is 3.40. The molecule has 1 heterocycles.